The summed E-state index contributed by atoms with van der Waals surface area (Å²) in [5.41, 5.74) is -0.449. The number of benzene rings is 1. The molecule has 0 heterocycles. The highest BCUT2D eigenvalue weighted by Crippen LogP contribution is 2.23. The van der Waals surface area contributed by atoms with Crippen LogP contribution in [0.4, 0.5) is 10.1 Å². The van der Waals surface area contributed by atoms with E-state index in [1.165, 1.54) is 19.1 Å². The summed E-state index contributed by atoms with van der Waals surface area (Å²) in [4.78, 5) is 9.84. The van der Waals surface area contributed by atoms with Gasteiger partial charge in [0.15, 0.2) is 0 Å². The molecule has 0 saturated carbocycles. The van der Waals surface area contributed by atoms with E-state index in [-0.39, 0.29) is 11.3 Å². The lowest BCUT2D eigenvalue weighted by Gasteiger charge is -2.18. The predicted molar refractivity (Wildman–Crippen MR) is 73.2 cm³/mol. The van der Waals surface area contributed by atoms with Crippen molar-refractivity contribution in [2.75, 3.05) is 0 Å². The van der Waals surface area contributed by atoms with Crippen molar-refractivity contribution in [2.45, 2.75) is 32.4 Å². The van der Waals surface area contributed by atoms with Crippen LogP contribution in [0.3, 0.4) is 0 Å². The average molecular weight is 286 g/mol. The molecule has 0 aliphatic heterocycles. The summed E-state index contributed by atoms with van der Waals surface area (Å²) in [6.45, 7) is 6.70. The van der Waals surface area contributed by atoms with E-state index in [1.807, 2.05) is 0 Å². The summed E-state index contributed by atoms with van der Waals surface area (Å²) in [5, 5.41) is 10.6. The summed E-state index contributed by atoms with van der Waals surface area (Å²) in [6, 6.07) is 3.82. The largest absolute Gasteiger partial charge is 0.591 e. The zero-order valence-corrected chi connectivity index (χ0v) is 12.0. The quantitative estimate of drug-likeness (QED) is 0.371. The fraction of sp³-hybridized carbons (Fsp3) is 0.417. The van der Waals surface area contributed by atoms with Gasteiger partial charge in [0.2, 0.25) is 5.82 Å². The Kier molecular flexibility index (Phi) is 4.65. The van der Waals surface area contributed by atoms with E-state index >= 15 is 0 Å². The first-order valence-corrected chi connectivity index (χ1v) is 6.66. The Labute approximate surface area is 114 Å². The van der Waals surface area contributed by atoms with Crippen LogP contribution in [0.15, 0.2) is 22.6 Å². The summed E-state index contributed by atoms with van der Waals surface area (Å²) in [5.74, 6) is -0.959. The maximum Gasteiger partial charge on any atom is 0.305 e. The molecule has 5 nitrogen and oxygen atoms in total. The van der Waals surface area contributed by atoms with Crippen molar-refractivity contribution in [1.82, 2.24) is 0 Å². The van der Waals surface area contributed by atoms with Gasteiger partial charge in [-0.15, -0.1) is 0 Å². The Morgan fingerprint density at radius 1 is 1.42 bits per heavy atom. The molecular formula is C12H15FN2O3S. The lowest BCUT2D eigenvalue weighted by Crippen LogP contribution is -2.26. The molecule has 0 N–H and O–H groups in total. The monoisotopic (exact) mass is 286 g/mol. The van der Waals surface area contributed by atoms with Crippen LogP contribution in [0.5, 0.6) is 0 Å². The number of nitrogens with zero attached hydrogens (tertiary/aromatic N) is 2. The van der Waals surface area contributed by atoms with Gasteiger partial charge in [0.1, 0.15) is 16.1 Å². The van der Waals surface area contributed by atoms with Crippen molar-refractivity contribution < 1.29 is 13.9 Å². The van der Waals surface area contributed by atoms with E-state index in [4.69, 9.17) is 0 Å². The molecule has 1 rings (SSSR count). The number of halogens is 1. The topological polar surface area (TPSA) is 78.6 Å². The maximum absolute atomic E-state index is 13.9. The number of nitro groups is 1. The second-order valence-corrected chi connectivity index (χ2v) is 6.84. The Morgan fingerprint density at radius 2 is 2.00 bits per heavy atom. The zero-order valence-electron chi connectivity index (χ0n) is 11.1. The van der Waals surface area contributed by atoms with Crippen molar-refractivity contribution >= 4 is 22.8 Å². The molecule has 1 aromatic rings. The molecule has 0 bridgehead atoms. The molecule has 1 atom stereocenters. The van der Waals surface area contributed by atoms with Crippen LogP contribution in [-0.2, 0) is 11.4 Å². The molecule has 1 aromatic carbocycles. The van der Waals surface area contributed by atoms with Gasteiger partial charge in [-0.05, 0) is 33.8 Å². The lowest BCUT2D eigenvalue weighted by atomic mass is 10.1. The van der Waals surface area contributed by atoms with Gasteiger partial charge >= 0.3 is 5.69 Å². The van der Waals surface area contributed by atoms with Crippen molar-refractivity contribution in [3.63, 3.8) is 0 Å². The Balaban J connectivity index is 3.21. The molecule has 7 heteroatoms. The molecular weight excluding hydrogens is 271 g/mol. The van der Waals surface area contributed by atoms with Gasteiger partial charge in [0.25, 0.3) is 0 Å². The van der Waals surface area contributed by atoms with E-state index in [0.29, 0.717) is 0 Å². The summed E-state index contributed by atoms with van der Waals surface area (Å²) >= 11 is -1.54. The number of hydrogen-bond acceptors (Lipinski definition) is 4. The molecule has 0 amide bonds. The van der Waals surface area contributed by atoms with Gasteiger partial charge < -0.3 is 4.55 Å². The Hall–Kier alpha value is -1.47. The average Bonchev–Trinajstić information content (AvgIpc) is 2.27. The second kappa shape index (κ2) is 5.66. The third kappa shape index (κ3) is 3.74. The number of nitro benzene ring substituents is 1. The van der Waals surface area contributed by atoms with E-state index in [9.17, 15) is 19.1 Å². The molecule has 0 fully saturated rings. The van der Waals surface area contributed by atoms with Crippen molar-refractivity contribution in [2.24, 2.45) is 4.40 Å². The fourth-order valence-corrected chi connectivity index (χ4v) is 1.87. The van der Waals surface area contributed by atoms with Crippen LogP contribution in [0.25, 0.3) is 0 Å². The third-order valence-electron chi connectivity index (χ3n) is 2.31. The molecule has 0 saturated heterocycles. The normalized spacial score (nSPS) is 14.3. The summed E-state index contributed by atoms with van der Waals surface area (Å²) in [6.07, 6.45) is 0. The van der Waals surface area contributed by atoms with Gasteiger partial charge in [-0.2, -0.15) is 4.39 Å². The Bertz CT molecular complexity index is 526. The fourth-order valence-electron chi connectivity index (χ4n) is 1.25. The van der Waals surface area contributed by atoms with Crippen LogP contribution in [-0.4, -0.2) is 19.9 Å². The molecule has 0 spiro atoms. The first-order chi connectivity index (χ1) is 8.64. The molecule has 0 radical (unpaired) electrons. The minimum atomic E-state index is -1.54. The van der Waals surface area contributed by atoms with Gasteiger partial charge in [-0.25, -0.2) is 0 Å². The SMILES string of the molecule is C/C(=N\[S@+]([O-])C(C)(C)C)c1cccc([N+](=O)[O-])c1F. The van der Waals surface area contributed by atoms with Crippen LogP contribution >= 0.6 is 0 Å². The van der Waals surface area contributed by atoms with Crippen molar-refractivity contribution in [1.29, 1.82) is 0 Å². The van der Waals surface area contributed by atoms with Gasteiger partial charge in [0, 0.05) is 11.6 Å². The standard InChI is InChI=1S/C12H15FN2O3S/c1-8(14-19(18)12(2,3)4)9-6-5-7-10(11(9)13)15(16)17/h5-7H,1-4H3/b14-8+/t19-/m1/s1. The van der Waals surface area contributed by atoms with E-state index in [1.54, 1.807) is 20.8 Å². The van der Waals surface area contributed by atoms with Gasteiger partial charge in [-0.1, -0.05) is 10.5 Å². The highest BCUT2D eigenvalue weighted by molar-refractivity contribution is 7.91. The highest BCUT2D eigenvalue weighted by Gasteiger charge is 2.28. The molecule has 0 unspecified atom stereocenters. The van der Waals surface area contributed by atoms with Crippen LogP contribution in [0.1, 0.15) is 33.3 Å². The minimum absolute atomic E-state index is 0.00759. The predicted octanol–water partition coefficient (Wildman–Crippen LogP) is 3.01. The smallest absolute Gasteiger partial charge is 0.305 e. The summed E-state index contributed by atoms with van der Waals surface area (Å²) in [7, 11) is 0. The maximum atomic E-state index is 13.9. The Morgan fingerprint density at radius 3 is 2.47 bits per heavy atom. The summed E-state index contributed by atoms with van der Waals surface area (Å²) < 4.78 is 29.1. The van der Waals surface area contributed by atoms with E-state index in [2.05, 4.69) is 4.40 Å². The van der Waals surface area contributed by atoms with E-state index in [0.717, 1.165) is 6.07 Å². The van der Waals surface area contributed by atoms with Crippen molar-refractivity contribution in [3.05, 3.63) is 39.7 Å². The van der Waals surface area contributed by atoms with Crippen LogP contribution < -0.4 is 0 Å². The first kappa shape index (κ1) is 15.6. The molecule has 0 aromatic heterocycles. The number of rotatable bonds is 3. The zero-order chi connectivity index (χ0) is 14.8. The van der Waals surface area contributed by atoms with Gasteiger partial charge in [0.05, 0.1) is 10.6 Å². The van der Waals surface area contributed by atoms with Gasteiger partial charge in [-0.3, -0.25) is 10.1 Å². The number of hydrogen-bond donors (Lipinski definition) is 0. The minimum Gasteiger partial charge on any atom is -0.591 e. The molecule has 0 aliphatic rings. The lowest BCUT2D eigenvalue weighted by molar-refractivity contribution is -0.387. The van der Waals surface area contributed by atoms with Crippen molar-refractivity contribution in [3.8, 4) is 0 Å². The molecule has 0 aliphatic carbocycles. The third-order valence-corrected chi connectivity index (χ3v) is 3.80. The first-order valence-electron chi connectivity index (χ1n) is 5.55. The van der Waals surface area contributed by atoms with E-state index < -0.39 is 32.5 Å². The molecule has 104 valence electrons. The van der Waals surface area contributed by atoms with Crippen LogP contribution in [0, 0.1) is 15.9 Å². The second-order valence-electron chi connectivity index (χ2n) is 4.93. The highest BCUT2D eigenvalue weighted by atomic mass is 32.2. The van der Waals surface area contributed by atoms with Crippen LogP contribution in [0.2, 0.25) is 0 Å². The molecule has 19 heavy (non-hydrogen) atoms.